The van der Waals surface area contributed by atoms with Gasteiger partial charge in [0.25, 0.3) is 5.56 Å². The molecule has 8 heteroatoms. The number of aliphatic imine (C=N–C) groups is 1. The summed E-state index contributed by atoms with van der Waals surface area (Å²) in [6.07, 6.45) is 4.92. The quantitative estimate of drug-likeness (QED) is 0.688. The number of nitrogens with zero attached hydrogens (tertiary/aromatic N) is 3. The minimum atomic E-state index is -0.217. The molecule has 0 amide bonds. The van der Waals surface area contributed by atoms with Crippen molar-refractivity contribution in [2.75, 3.05) is 12.8 Å². The minimum Gasteiger partial charge on any atom is -0.494 e. The Hall–Kier alpha value is -2.77. The highest BCUT2D eigenvalue weighted by atomic mass is 16.5. The van der Waals surface area contributed by atoms with Crippen molar-refractivity contribution < 1.29 is 4.74 Å². The Morgan fingerprint density at radius 3 is 2.55 bits per heavy atom. The van der Waals surface area contributed by atoms with E-state index in [4.69, 9.17) is 21.6 Å². The van der Waals surface area contributed by atoms with E-state index in [-0.39, 0.29) is 17.0 Å². The van der Waals surface area contributed by atoms with E-state index in [9.17, 15) is 4.79 Å². The predicted molar refractivity (Wildman–Crippen MR) is 84.5 cm³/mol. The van der Waals surface area contributed by atoms with Crippen molar-refractivity contribution >= 4 is 22.9 Å². The number of nitrogens with one attached hydrogen (secondary N) is 1. The Balaban J connectivity index is 2.11. The lowest BCUT2D eigenvalue weighted by atomic mass is 10.1. The van der Waals surface area contributed by atoms with Gasteiger partial charge in [-0.05, 0) is 18.9 Å². The minimum absolute atomic E-state index is 0.166. The van der Waals surface area contributed by atoms with Gasteiger partial charge >= 0.3 is 0 Å². The van der Waals surface area contributed by atoms with Crippen LogP contribution in [0.3, 0.4) is 0 Å². The molecular weight excluding hydrogens is 284 g/mol. The molecule has 3 rings (SSSR count). The highest BCUT2D eigenvalue weighted by Gasteiger charge is 2.22. The van der Waals surface area contributed by atoms with Gasteiger partial charge in [0, 0.05) is 19.2 Å². The maximum atomic E-state index is 12.4. The van der Waals surface area contributed by atoms with E-state index in [2.05, 4.69) is 4.99 Å². The first-order valence-electron chi connectivity index (χ1n) is 7.03. The third kappa shape index (κ3) is 2.12. The van der Waals surface area contributed by atoms with Crippen molar-refractivity contribution in [1.29, 1.82) is 5.41 Å². The summed E-state index contributed by atoms with van der Waals surface area (Å²) in [7, 11) is 1.47. The van der Waals surface area contributed by atoms with Crippen LogP contribution >= 0.6 is 0 Å². The number of hydrogen-bond donors (Lipinski definition) is 3. The number of nitrogen functional groups attached to an aromatic ring is 1. The van der Waals surface area contributed by atoms with Crippen LogP contribution < -0.4 is 17.0 Å². The van der Waals surface area contributed by atoms with Gasteiger partial charge in [0.05, 0.1) is 24.2 Å². The van der Waals surface area contributed by atoms with Crippen LogP contribution in [-0.2, 0) is 17.8 Å². The number of hydrogen-bond acceptors (Lipinski definition) is 6. The molecule has 0 fully saturated rings. The van der Waals surface area contributed by atoms with Gasteiger partial charge in [-0.2, -0.15) is 0 Å². The Bertz CT molecular complexity index is 793. The lowest BCUT2D eigenvalue weighted by molar-refractivity contribution is 0.315. The van der Waals surface area contributed by atoms with Crippen molar-refractivity contribution in [2.24, 2.45) is 10.7 Å². The van der Waals surface area contributed by atoms with E-state index < -0.39 is 0 Å². The van der Waals surface area contributed by atoms with E-state index in [0.717, 1.165) is 12.8 Å². The maximum absolute atomic E-state index is 12.4. The summed E-state index contributed by atoms with van der Waals surface area (Å²) < 4.78 is 8.47. The number of nitrogens with two attached hydrogens (primary N) is 2. The molecule has 2 aliphatic rings. The molecule has 0 aromatic carbocycles. The first kappa shape index (κ1) is 14.2. The Morgan fingerprint density at radius 1 is 1.23 bits per heavy atom. The predicted octanol–water partition coefficient (Wildman–Crippen LogP) is 0.505. The average Bonchev–Trinajstić information content (AvgIpc) is 2.75. The van der Waals surface area contributed by atoms with Crippen LogP contribution in [0, 0.1) is 5.41 Å². The van der Waals surface area contributed by atoms with E-state index in [0.29, 0.717) is 36.1 Å². The third-order valence-electron chi connectivity index (χ3n) is 3.82. The first-order valence-corrected chi connectivity index (χ1v) is 7.03. The van der Waals surface area contributed by atoms with Gasteiger partial charge in [-0.15, -0.1) is 0 Å². The van der Waals surface area contributed by atoms with Gasteiger partial charge in [-0.3, -0.25) is 14.9 Å². The van der Waals surface area contributed by atoms with E-state index in [1.807, 2.05) is 0 Å². The summed E-state index contributed by atoms with van der Waals surface area (Å²) in [6.45, 7) is 1.35. The molecule has 0 unspecified atom stereocenters. The highest BCUT2D eigenvalue weighted by Crippen LogP contribution is 2.23. The summed E-state index contributed by atoms with van der Waals surface area (Å²) in [4.78, 5) is 16.8. The van der Waals surface area contributed by atoms with Crippen LogP contribution in [0.25, 0.3) is 0 Å². The molecular formula is C14H18N6O2. The van der Waals surface area contributed by atoms with Crippen LogP contribution in [0.1, 0.15) is 12.8 Å². The molecule has 0 bridgehead atoms. The Labute approximate surface area is 126 Å². The van der Waals surface area contributed by atoms with Crippen molar-refractivity contribution in [1.82, 2.24) is 9.36 Å². The second-order valence-corrected chi connectivity index (χ2v) is 5.22. The molecule has 0 atom stereocenters. The molecule has 0 spiro atoms. The van der Waals surface area contributed by atoms with Crippen LogP contribution in [-0.4, -0.2) is 27.9 Å². The molecule has 2 heterocycles. The second-order valence-electron chi connectivity index (χ2n) is 5.22. The maximum Gasteiger partial charge on any atom is 0.294 e. The van der Waals surface area contributed by atoms with Gasteiger partial charge in [-0.25, -0.2) is 9.67 Å². The molecule has 0 saturated heterocycles. The smallest absolute Gasteiger partial charge is 0.294 e. The van der Waals surface area contributed by atoms with Gasteiger partial charge in [0.15, 0.2) is 11.5 Å². The number of methoxy groups -OCH3 is 1. The number of ether oxygens (including phenoxy) is 1. The summed E-state index contributed by atoms with van der Waals surface area (Å²) in [5, 5.41) is 7.74. The number of fused-ring (bicyclic) bond motifs is 1. The van der Waals surface area contributed by atoms with E-state index in [1.54, 1.807) is 9.36 Å². The van der Waals surface area contributed by atoms with Crippen LogP contribution in [0.4, 0.5) is 11.5 Å². The zero-order valence-electron chi connectivity index (χ0n) is 12.3. The summed E-state index contributed by atoms with van der Waals surface area (Å²) >= 11 is 0. The van der Waals surface area contributed by atoms with Crippen molar-refractivity contribution in [3.05, 3.63) is 34.0 Å². The average molecular weight is 302 g/mol. The number of anilines is 1. The van der Waals surface area contributed by atoms with Crippen molar-refractivity contribution in [2.45, 2.75) is 25.9 Å². The summed E-state index contributed by atoms with van der Waals surface area (Å²) in [6, 6.07) is 0. The first-order chi connectivity index (χ1) is 10.5. The third-order valence-corrected chi connectivity index (χ3v) is 3.82. The molecule has 0 radical (unpaired) electrons. The molecule has 8 nitrogen and oxygen atoms in total. The molecule has 22 heavy (non-hydrogen) atoms. The van der Waals surface area contributed by atoms with Crippen LogP contribution in [0.15, 0.2) is 33.4 Å². The second kappa shape index (κ2) is 5.21. The monoisotopic (exact) mass is 302 g/mol. The fourth-order valence-corrected chi connectivity index (χ4v) is 2.66. The normalized spacial score (nSPS) is 19.7. The van der Waals surface area contributed by atoms with Crippen molar-refractivity contribution in [3.8, 4) is 0 Å². The fourth-order valence-electron chi connectivity index (χ4n) is 2.66. The molecule has 1 aromatic heterocycles. The van der Waals surface area contributed by atoms with Gasteiger partial charge in [0.2, 0.25) is 0 Å². The molecule has 1 aliphatic heterocycles. The lowest BCUT2D eigenvalue weighted by Gasteiger charge is -2.17. The lowest BCUT2D eigenvalue weighted by Crippen LogP contribution is -2.27. The largest absolute Gasteiger partial charge is 0.494 e. The SMILES string of the molecule is COC1=CC(=Nc2c(N)n3n(c2=O)CCCC3)C(N)=CC1=N. The summed E-state index contributed by atoms with van der Waals surface area (Å²) in [5.41, 5.74) is 12.8. The summed E-state index contributed by atoms with van der Waals surface area (Å²) in [5.74, 6) is 0.689. The number of aromatic nitrogens is 2. The standard InChI is InChI=1S/C14H18N6O2/c1-22-11-7-10(8(15)6-9(11)16)18-12-13(17)19-4-2-3-5-20(19)14(12)21/h6-7,16H,2-5,15,17H2,1H3. The molecule has 5 N–H and O–H groups in total. The van der Waals surface area contributed by atoms with Crippen LogP contribution in [0.5, 0.6) is 0 Å². The number of rotatable bonds is 2. The number of allylic oxidation sites excluding steroid dienone is 2. The topological polar surface area (TPSA) is 124 Å². The van der Waals surface area contributed by atoms with Gasteiger partial charge in [-0.1, -0.05) is 0 Å². The fraction of sp³-hybridized carbons (Fsp3) is 0.357. The van der Waals surface area contributed by atoms with Crippen LogP contribution in [0.2, 0.25) is 0 Å². The Morgan fingerprint density at radius 2 is 1.91 bits per heavy atom. The molecule has 0 saturated carbocycles. The van der Waals surface area contributed by atoms with E-state index in [1.165, 1.54) is 19.3 Å². The molecule has 116 valence electrons. The van der Waals surface area contributed by atoms with Crippen molar-refractivity contribution in [3.63, 3.8) is 0 Å². The van der Waals surface area contributed by atoms with E-state index >= 15 is 0 Å². The van der Waals surface area contributed by atoms with Gasteiger partial charge in [0.1, 0.15) is 5.76 Å². The Kier molecular flexibility index (Phi) is 3.36. The molecule has 1 aliphatic carbocycles. The van der Waals surface area contributed by atoms with Gasteiger partial charge < -0.3 is 16.2 Å². The molecule has 1 aromatic rings. The highest BCUT2D eigenvalue weighted by molar-refractivity contribution is 6.22. The zero-order valence-corrected chi connectivity index (χ0v) is 12.3. The zero-order chi connectivity index (χ0) is 15.9.